The van der Waals surface area contributed by atoms with Gasteiger partial charge in [0.2, 0.25) is 0 Å². The van der Waals surface area contributed by atoms with E-state index in [4.69, 9.17) is 0 Å². The summed E-state index contributed by atoms with van der Waals surface area (Å²) in [5.41, 5.74) is 0. The van der Waals surface area contributed by atoms with E-state index in [2.05, 4.69) is 17.5 Å². The van der Waals surface area contributed by atoms with Crippen molar-refractivity contribution in [1.29, 1.82) is 0 Å². The minimum atomic E-state index is 0. The van der Waals surface area contributed by atoms with Crippen molar-refractivity contribution in [2.45, 2.75) is 17.5 Å². The zero-order chi connectivity index (χ0) is 5.70. The van der Waals surface area contributed by atoms with Crippen molar-refractivity contribution >= 4 is 44.9 Å². The van der Waals surface area contributed by atoms with E-state index < -0.39 is 0 Å². The molecule has 0 aromatic carbocycles. The molecule has 0 nitrogen and oxygen atoms in total. The molecule has 0 saturated carbocycles. The van der Waals surface area contributed by atoms with Crippen LogP contribution in [0.4, 0.5) is 0 Å². The third kappa shape index (κ3) is 6.28. The summed E-state index contributed by atoms with van der Waals surface area (Å²) in [6, 6.07) is 0. The molecule has 0 amide bonds. The van der Waals surface area contributed by atoms with Crippen LogP contribution in [0.2, 0.25) is 17.5 Å². The van der Waals surface area contributed by atoms with Crippen molar-refractivity contribution in [1.82, 2.24) is 0 Å². The van der Waals surface area contributed by atoms with Gasteiger partial charge < -0.3 is 0 Å². The van der Waals surface area contributed by atoms with Crippen molar-refractivity contribution in [3.05, 3.63) is 2.61 Å². The second-order valence-electron chi connectivity index (χ2n) is 0.862. The Morgan fingerprint density at radius 3 is 1.12 bits per heavy atom. The summed E-state index contributed by atoms with van der Waals surface area (Å²) >= 11 is 2.59. The third-order valence-electron chi connectivity index (χ3n) is 0.500. The Bertz CT molecular complexity index is 32.8. The van der Waals surface area contributed by atoms with E-state index in [1.807, 2.05) is 2.61 Å². The molecule has 0 saturated heterocycles. The normalized spacial score (nSPS) is 9.00. The van der Waals surface area contributed by atoms with Gasteiger partial charge in [0.05, 0.1) is 0 Å². The molecule has 4 heteroatoms. The summed E-state index contributed by atoms with van der Waals surface area (Å²) in [5.74, 6) is 6.95. The van der Waals surface area contributed by atoms with Crippen LogP contribution in [-0.4, -0.2) is 44.9 Å². The first-order valence-electron chi connectivity index (χ1n) is 1.84. The molecule has 0 aromatic rings. The monoisotopic (exact) mass is 304 g/mol. The van der Waals surface area contributed by atoms with Crippen LogP contribution in [0.5, 0.6) is 0 Å². The van der Waals surface area contributed by atoms with Crippen LogP contribution in [0.1, 0.15) is 0 Å². The van der Waals surface area contributed by atoms with Gasteiger partial charge in [-0.1, -0.05) is 0 Å². The Hall–Kier alpha value is 2.16. The van der Waals surface area contributed by atoms with E-state index in [9.17, 15) is 0 Å². The maximum atomic E-state index is 2.32. The Labute approximate surface area is 83.0 Å². The Kier molecular flexibility index (Phi) is 14.6. The molecule has 0 unspecified atom stereocenters. The quantitative estimate of drug-likeness (QED) is 0.406. The molecule has 0 fully saturated rings. The van der Waals surface area contributed by atoms with Crippen LogP contribution < -0.4 is 18.9 Å². The van der Waals surface area contributed by atoms with Crippen molar-refractivity contribution in [2.75, 3.05) is 0 Å². The van der Waals surface area contributed by atoms with Gasteiger partial charge in [0.15, 0.2) is 0 Å². The predicted octanol–water partition coefficient (Wildman–Crippen LogP) is -2.31. The van der Waals surface area contributed by atoms with Crippen molar-refractivity contribution in [2.24, 2.45) is 0 Å². The van der Waals surface area contributed by atoms with E-state index in [1.165, 1.54) is 0 Å². The molecule has 8 heavy (non-hydrogen) atoms. The molecule has 44 valence electrons. The second kappa shape index (κ2) is 9.16. The standard InChI is InChI=1S/C4H9Se3.Li/c1-5-4(6-2)7-3;/h1-3H3;/q-1;+1. The predicted molar refractivity (Wildman–Crippen MR) is 38.1 cm³/mol. The number of hydrogen-bond donors (Lipinski definition) is 0. The molecule has 0 heterocycles. The number of hydrogen-bond acceptors (Lipinski definition) is 0. The van der Waals surface area contributed by atoms with Gasteiger partial charge in [-0.3, -0.25) is 0 Å². The first-order valence-corrected chi connectivity index (χ1v) is 9.55. The molecule has 0 atom stereocenters. The molecule has 0 aliphatic heterocycles. The summed E-state index contributed by atoms with van der Waals surface area (Å²) < 4.78 is 1.87. The van der Waals surface area contributed by atoms with Crippen LogP contribution in [0.25, 0.3) is 0 Å². The van der Waals surface area contributed by atoms with Gasteiger partial charge in [0, 0.05) is 0 Å². The van der Waals surface area contributed by atoms with Gasteiger partial charge in [-0.15, -0.1) is 0 Å². The maximum Gasteiger partial charge on any atom is 1.00 e. The molecule has 0 N–H and O–H groups in total. The molecular formula is C4H9LiSe3. The molecule has 0 aliphatic rings. The minimum absolute atomic E-state index is 0. The fraction of sp³-hybridized carbons (Fsp3) is 0.750. The molecule has 0 bridgehead atoms. The summed E-state index contributed by atoms with van der Waals surface area (Å²) in [6.07, 6.45) is 0. The van der Waals surface area contributed by atoms with Gasteiger partial charge in [0.1, 0.15) is 0 Å². The topological polar surface area (TPSA) is 0 Å². The molecule has 0 aromatic heterocycles. The van der Waals surface area contributed by atoms with Gasteiger partial charge in [-0.2, -0.15) is 0 Å². The molecule has 0 aliphatic carbocycles. The molecule has 0 spiro atoms. The average Bonchev–Trinajstić information content (AvgIpc) is 1.72. The van der Waals surface area contributed by atoms with Crippen molar-refractivity contribution < 1.29 is 18.9 Å². The van der Waals surface area contributed by atoms with Crippen LogP contribution in [0.3, 0.4) is 0 Å². The Morgan fingerprint density at radius 1 is 0.875 bits per heavy atom. The third-order valence-corrected chi connectivity index (χ3v) is 13.5. The van der Waals surface area contributed by atoms with Gasteiger partial charge in [-0.05, 0) is 0 Å². The smallest absolute Gasteiger partial charge is 1.00 e. The summed E-state index contributed by atoms with van der Waals surface area (Å²) in [5, 5.41) is 0. The summed E-state index contributed by atoms with van der Waals surface area (Å²) in [6.45, 7) is 0. The van der Waals surface area contributed by atoms with Crippen LogP contribution in [0.15, 0.2) is 0 Å². The largest absolute Gasteiger partial charge is 1.00 e. The van der Waals surface area contributed by atoms with Gasteiger partial charge in [0.25, 0.3) is 0 Å². The SMILES string of the molecule is C[Se][C-]([Se]C)[Se]C.[Li+]. The zero-order valence-electron chi connectivity index (χ0n) is 5.72. The first-order chi connectivity index (χ1) is 3.35. The van der Waals surface area contributed by atoms with E-state index >= 15 is 0 Å². The van der Waals surface area contributed by atoms with E-state index in [0.29, 0.717) is 0 Å². The average molecular weight is 301 g/mol. The molecular weight excluding hydrogens is 292 g/mol. The van der Waals surface area contributed by atoms with E-state index in [0.717, 1.165) is 44.9 Å². The zero-order valence-corrected chi connectivity index (χ0v) is 10.9. The van der Waals surface area contributed by atoms with Crippen molar-refractivity contribution in [3.8, 4) is 0 Å². The first kappa shape index (κ1) is 12.8. The summed E-state index contributed by atoms with van der Waals surface area (Å²) in [4.78, 5) is 0. The van der Waals surface area contributed by atoms with Crippen molar-refractivity contribution in [3.63, 3.8) is 0 Å². The fourth-order valence-electron chi connectivity index (χ4n) is 0.250. The Balaban J connectivity index is 0. The van der Waals surface area contributed by atoms with Crippen LogP contribution in [0, 0.1) is 2.61 Å². The number of rotatable bonds is 3. The van der Waals surface area contributed by atoms with Crippen LogP contribution >= 0.6 is 0 Å². The van der Waals surface area contributed by atoms with E-state index in [1.54, 1.807) is 0 Å². The molecule has 0 radical (unpaired) electrons. The maximum absolute atomic E-state index is 2.32. The second-order valence-corrected chi connectivity index (χ2v) is 9.93. The summed E-state index contributed by atoms with van der Waals surface area (Å²) in [7, 11) is 0. The van der Waals surface area contributed by atoms with Gasteiger partial charge >= 0.3 is 83.8 Å². The van der Waals surface area contributed by atoms with E-state index in [-0.39, 0.29) is 18.9 Å². The van der Waals surface area contributed by atoms with Gasteiger partial charge in [-0.25, -0.2) is 0 Å². The minimum Gasteiger partial charge on any atom is 1.00 e. The fourth-order valence-corrected chi connectivity index (χ4v) is 6.75. The molecule has 0 rings (SSSR count). The van der Waals surface area contributed by atoms with Crippen LogP contribution in [-0.2, 0) is 0 Å². The Morgan fingerprint density at radius 2 is 1.12 bits per heavy atom.